The summed E-state index contributed by atoms with van der Waals surface area (Å²) in [5.41, 5.74) is 0.897. The fraction of sp³-hybridized carbons (Fsp3) is 0.231. The first-order chi connectivity index (χ1) is 9.60. The first kappa shape index (κ1) is 12.9. The molecule has 1 aromatic carbocycles. The van der Waals surface area contributed by atoms with Crippen LogP contribution >= 0.6 is 0 Å². The molecule has 0 saturated carbocycles. The highest BCUT2D eigenvalue weighted by atomic mass is 32.2. The number of sulfonamides is 1. The molecule has 7 heteroatoms. The molecule has 0 bridgehead atoms. The van der Waals surface area contributed by atoms with E-state index < -0.39 is 10.0 Å². The van der Waals surface area contributed by atoms with Crippen LogP contribution in [0.2, 0.25) is 0 Å². The van der Waals surface area contributed by atoms with Crippen molar-refractivity contribution in [3.63, 3.8) is 0 Å². The van der Waals surface area contributed by atoms with Crippen LogP contribution in [0.5, 0.6) is 0 Å². The quantitative estimate of drug-likeness (QED) is 0.910. The Morgan fingerprint density at radius 3 is 2.80 bits per heavy atom. The Kier molecular flexibility index (Phi) is 3.06. The number of nitrogens with zero attached hydrogens (tertiary/aromatic N) is 2. The molecule has 2 aromatic rings. The molecular weight excluding hydrogens is 278 g/mol. The molecule has 0 radical (unpaired) electrons. The number of Topliss-reactive ketones (excluding diaryl/α,β-unsaturated/α-hetero) is 1. The lowest BCUT2D eigenvalue weighted by Gasteiger charge is -2.23. The van der Waals surface area contributed by atoms with Crippen LogP contribution in [0.15, 0.2) is 41.6 Å². The van der Waals surface area contributed by atoms with E-state index in [1.54, 1.807) is 24.3 Å². The molecule has 20 heavy (non-hydrogen) atoms. The van der Waals surface area contributed by atoms with Crippen molar-refractivity contribution in [2.45, 2.75) is 17.7 Å². The minimum Gasteiger partial charge on any atom is -0.294 e. The number of hydrogen-bond acceptors (Lipinski definition) is 4. The molecule has 0 spiro atoms. The summed E-state index contributed by atoms with van der Waals surface area (Å²) in [4.78, 5) is 12.1. The number of para-hydroxylation sites is 1. The molecule has 0 fully saturated rings. The van der Waals surface area contributed by atoms with Crippen molar-refractivity contribution in [2.75, 3.05) is 10.8 Å². The minimum absolute atomic E-state index is 0.0227. The number of nitrogens with one attached hydrogen (secondary N) is 1. The summed E-state index contributed by atoms with van der Waals surface area (Å²) in [5, 5.41) is 6.18. The summed E-state index contributed by atoms with van der Waals surface area (Å²) in [7, 11) is -3.69. The van der Waals surface area contributed by atoms with Crippen LogP contribution in [-0.4, -0.2) is 30.9 Å². The van der Waals surface area contributed by atoms with Gasteiger partial charge in [-0.05, 0) is 18.6 Å². The van der Waals surface area contributed by atoms with E-state index in [4.69, 9.17) is 0 Å². The minimum atomic E-state index is -3.69. The Morgan fingerprint density at radius 1 is 1.25 bits per heavy atom. The predicted octanol–water partition coefficient (Wildman–Crippen LogP) is 1.58. The van der Waals surface area contributed by atoms with Crippen molar-refractivity contribution in [3.8, 4) is 0 Å². The van der Waals surface area contributed by atoms with Gasteiger partial charge in [-0.1, -0.05) is 12.1 Å². The summed E-state index contributed by atoms with van der Waals surface area (Å²) < 4.78 is 26.5. The van der Waals surface area contributed by atoms with Crippen LogP contribution < -0.4 is 4.31 Å². The van der Waals surface area contributed by atoms with Gasteiger partial charge in [0.15, 0.2) is 5.78 Å². The highest BCUT2D eigenvalue weighted by molar-refractivity contribution is 7.92. The first-order valence-corrected chi connectivity index (χ1v) is 7.68. The number of benzene rings is 1. The van der Waals surface area contributed by atoms with Gasteiger partial charge < -0.3 is 0 Å². The molecular formula is C13H13N3O3S. The molecule has 1 aromatic heterocycles. The highest BCUT2D eigenvalue weighted by Crippen LogP contribution is 2.30. The maximum absolute atomic E-state index is 12.6. The van der Waals surface area contributed by atoms with E-state index in [9.17, 15) is 13.2 Å². The Bertz CT molecular complexity index is 738. The van der Waals surface area contributed by atoms with Crippen LogP contribution in [0.3, 0.4) is 0 Å². The molecule has 0 unspecified atom stereocenters. The SMILES string of the molecule is O=C1CCCN(S(=O)(=O)c2cn[nH]c2)c2ccccc21. The van der Waals surface area contributed by atoms with Crippen molar-refractivity contribution in [2.24, 2.45) is 0 Å². The van der Waals surface area contributed by atoms with Gasteiger partial charge in [-0.15, -0.1) is 0 Å². The van der Waals surface area contributed by atoms with Crippen LogP contribution in [0.1, 0.15) is 23.2 Å². The molecule has 6 nitrogen and oxygen atoms in total. The lowest BCUT2D eigenvalue weighted by Crippen LogP contribution is -2.31. The number of carbonyl (C=O) groups excluding carboxylic acids is 1. The molecule has 1 N–H and O–H groups in total. The summed E-state index contributed by atoms with van der Waals surface area (Å²) in [6.45, 7) is 0.288. The molecule has 0 atom stereocenters. The molecule has 104 valence electrons. The van der Waals surface area contributed by atoms with E-state index >= 15 is 0 Å². The number of anilines is 1. The van der Waals surface area contributed by atoms with Gasteiger partial charge in [0, 0.05) is 24.7 Å². The maximum Gasteiger partial charge on any atom is 0.267 e. The number of H-pyrrole nitrogens is 1. The van der Waals surface area contributed by atoms with Gasteiger partial charge in [-0.3, -0.25) is 14.2 Å². The number of carbonyl (C=O) groups is 1. The third-order valence-electron chi connectivity index (χ3n) is 3.30. The largest absolute Gasteiger partial charge is 0.294 e. The van der Waals surface area contributed by atoms with Crippen LogP contribution in [-0.2, 0) is 10.0 Å². The molecule has 1 aliphatic rings. The second kappa shape index (κ2) is 4.75. The Labute approximate surface area is 116 Å². The molecule has 0 amide bonds. The lowest BCUT2D eigenvalue weighted by molar-refractivity contribution is 0.0984. The maximum atomic E-state index is 12.6. The van der Waals surface area contributed by atoms with E-state index in [0.29, 0.717) is 24.1 Å². The van der Waals surface area contributed by atoms with Gasteiger partial charge in [-0.2, -0.15) is 5.10 Å². The Balaban J connectivity index is 2.15. The number of ketones is 1. The number of aromatic amines is 1. The van der Waals surface area contributed by atoms with Crippen LogP contribution in [0.25, 0.3) is 0 Å². The zero-order valence-corrected chi connectivity index (χ0v) is 11.4. The summed E-state index contributed by atoms with van der Waals surface area (Å²) in [6, 6.07) is 6.80. The average molecular weight is 291 g/mol. The van der Waals surface area contributed by atoms with E-state index in [2.05, 4.69) is 10.2 Å². The zero-order chi connectivity index (χ0) is 14.2. The van der Waals surface area contributed by atoms with Gasteiger partial charge >= 0.3 is 0 Å². The Morgan fingerprint density at radius 2 is 2.05 bits per heavy atom. The van der Waals surface area contributed by atoms with Crippen molar-refractivity contribution in [1.29, 1.82) is 0 Å². The van der Waals surface area contributed by atoms with Gasteiger partial charge in [0.2, 0.25) is 0 Å². The number of rotatable bonds is 2. The second-order valence-corrected chi connectivity index (χ2v) is 6.42. The number of fused-ring (bicyclic) bond motifs is 1. The zero-order valence-electron chi connectivity index (χ0n) is 10.6. The third-order valence-corrected chi connectivity index (χ3v) is 5.08. The average Bonchev–Trinajstić information content (AvgIpc) is 2.93. The van der Waals surface area contributed by atoms with Gasteiger partial charge in [0.05, 0.1) is 11.9 Å². The highest BCUT2D eigenvalue weighted by Gasteiger charge is 2.30. The van der Waals surface area contributed by atoms with Crippen molar-refractivity contribution in [1.82, 2.24) is 10.2 Å². The molecule has 1 aliphatic heterocycles. The molecule has 0 saturated heterocycles. The number of hydrogen-bond donors (Lipinski definition) is 1. The summed E-state index contributed by atoms with van der Waals surface area (Å²) >= 11 is 0. The van der Waals surface area contributed by atoms with E-state index in [0.717, 1.165) is 0 Å². The number of aromatic nitrogens is 2. The molecule has 0 aliphatic carbocycles. The first-order valence-electron chi connectivity index (χ1n) is 6.24. The van der Waals surface area contributed by atoms with E-state index in [1.165, 1.54) is 16.7 Å². The van der Waals surface area contributed by atoms with E-state index in [1.807, 2.05) is 0 Å². The predicted molar refractivity (Wildman–Crippen MR) is 73.1 cm³/mol. The van der Waals surface area contributed by atoms with Crippen molar-refractivity contribution in [3.05, 3.63) is 42.2 Å². The van der Waals surface area contributed by atoms with Gasteiger partial charge in [-0.25, -0.2) is 8.42 Å². The third kappa shape index (κ3) is 2.00. The van der Waals surface area contributed by atoms with E-state index in [-0.39, 0.29) is 17.2 Å². The fourth-order valence-corrected chi connectivity index (χ4v) is 3.75. The smallest absolute Gasteiger partial charge is 0.267 e. The molecule has 3 rings (SSSR count). The standard InChI is InChI=1S/C13H13N3O3S/c17-13-6-3-7-16(12-5-2-1-4-11(12)13)20(18,19)10-8-14-15-9-10/h1-2,4-5,8-9H,3,6-7H2,(H,14,15). The summed E-state index contributed by atoms with van der Waals surface area (Å²) in [6.07, 6.45) is 3.47. The normalized spacial score (nSPS) is 15.8. The summed E-state index contributed by atoms with van der Waals surface area (Å²) in [5.74, 6) is -0.0227. The monoisotopic (exact) mass is 291 g/mol. The van der Waals surface area contributed by atoms with Crippen LogP contribution in [0, 0.1) is 0 Å². The fourth-order valence-electron chi connectivity index (χ4n) is 2.32. The van der Waals surface area contributed by atoms with Crippen molar-refractivity contribution < 1.29 is 13.2 Å². The molecule has 2 heterocycles. The van der Waals surface area contributed by atoms with Gasteiger partial charge in [0.1, 0.15) is 4.90 Å². The topological polar surface area (TPSA) is 83.1 Å². The Hall–Kier alpha value is -2.15. The second-order valence-electron chi connectivity index (χ2n) is 4.56. The van der Waals surface area contributed by atoms with Gasteiger partial charge in [0.25, 0.3) is 10.0 Å². The van der Waals surface area contributed by atoms with Crippen molar-refractivity contribution >= 4 is 21.5 Å². The van der Waals surface area contributed by atoms with Crippen LogP contribution in [0.4, 0.5) is 5.69 Å². The lowest BCUT2D eigenvalue weighted by atomic mass is 10.1.